The molecular formula is C21H19Cl2N3O4. The van der Waals surface area contributed by atoms with E-state index in [0.29, 0.717) is 45.4 Å². The van der Waals surface area contributed by atoms with Gasteiger partial charge in [0, 0.05) is 30.1 Å². The Labute approximate surface area is 182 Å². The van der Waals surface area contributed by atoms with Gasteiger partial charge in [-0.3, -0.25) is 14.3 Å². The van der Waals surface area contributed by atoms with Crippen molar-refractivity contribution in [1.82, 2.24) is 14.3 Å². The summed E-state index contributed by atoms with van der Waals surface area (Å²) in [4.78, 5) is 36.5. The van der Waals surface area contributed by atoms with Crippen molar-refractivity contribution in [3.63, 3.8) is 0 Å². The van der Waals surface area contributed by atoms with E-state index in [4.69, 9.17) is 27.9 Å². The van der Waals surface area contributed by atoms with Crippen LogP contribution < -0.4 is 5.43 Å². The fourth-order valence-corrected chi connectivity index (χ4v) is 3.52. The molecule has 3 rings (SSSR count). The van der Waals surface area contributed by atoms with E-state index >= 15 is 0 Å². The zero-order chi connectivity index (χ0) is 21.8. The number of aromatic nitrogens is 3. The zero-order valence-electron chi connectivity index (χ0n) is 16.4. The second kappa shape index (κ2) is 9.28. The molecule has 7 nitrogen and oxygen atoms in total. The topological polar surface area (TPSA) is 83.2 Å². The monoisotopic (exact) mass is 447 g/mol. The quantitative estimate of drug-likeness (QED) is 0.402. The second-order valence-electron chi connectivity index (χ2n) is 6.41. The number of halogens is 2. The fraction of sp³-hybridized carbons (Fsp3) is 0.238. The molecule has 0 radical (unpaired) electrons. The number of hydrogen-bond acceptors (Lipinski definition) is 5. The molecule has 156 valence electrons. The second-order valence-corrected chi connectivity index (χ2v) is 7.22. The van der Waals surface area contributed by atoms with Crippen LogP contribution in [0, 0.1) is 0 Å². The predicted molar refractivity (Wildman–Crippen MR) is 115 cm³/mol. The molecule has 30 heavy (non-hydrogen) atoms. The summed E-state index contributed by atoms with van der Waals surface area (Å²) < 4.78 is 8.51. The Kier molecular flexibility index (Phi) is 6.74. The molecule has 9 heteroatoms. The van der Waals surface area contributed by atoms with Crippen LogP contribution in [0.3, 0.4) is 0 Å². The smallest absolute Gasteiger partial charge is 0.344 e. The molecule has 0 saturated heterocycles. The van der Waals surface area contributed by atoms with Gasteiger partial charge in [0.05, 0.1) is 40.7 Å². The van der Waals surface area contributed by atoms with Crippen molar-refractivity contribution in [1.29, 1.82) is 0 Å². The highest BCUT2D eigenvalue weighted by atomic mass is 35.5. The molecule has 0 amide bonds. The van der Waals surface area contributed by atoms with Crippen LogP contribution in [0.2, 0.25) is 10.0 Å². The lowest BCUT2D eigenvalue weighted by molar-refractivity contribution is 0.0524. The SMILES string of the molecule is CCOC(=O)c1c(-c2ccc(Cl)c(Cl)c2)n(CC)c(Cn2cc(C=O)cn2)cc1=O. The number of rotatable bonds is 7. The van der Waals surface area contributed by atoms with Crippen molar-refractivity contribution >= 4 is 35.5 Å². The number of carbonyl (C=O) groups is 2. The molecule has 0 spiro atoms. The van der Waals surface area contributed by atoms with Gasteiger partial charge in [-0.1, -0.05) is 29.3 Å². The predicted octanol–water partition coefficient (Wildman–Crippen LogP) is 4.08. The number of esters is 1. The van der Waals surface area contributed by atoms with E-state index in [0.717, 1.165) is 0 Å². The summed E-state index contributed by atoms with van der Waals surface area (Å²) in [6, 6.07) is 6.30. The van der Waals surface area contributed by atoms with Crippen LogP contribution in [0.15, 0.2) is 41.5 Å². The van der Waals surface area contributed by atoms with Gasteiger partial charge in [0.15, 0.2) is 11.7 Å². The first-order valence-electron chi connectivity index (χ1n) is 9.26. The molecule has 0 aliphatic rings. The largest absolute Gasteiger partial charge is 0.462 e. The third-order valence-corrected chi connectivity index (χ3v) is 5.24. The van der Waals surface area contributed by atoms with Crippen molar-refractivity contribution in [3.05, 3.63) is 73.7 Å². The van der Waals surface area contributed by atoms with E-state index in [1.54, 1.807) is 36.0 Å². The maximum atomic E-state index is 13.0. The number of pyridine rings is 1. The molecule has 2 aromatic heterocycles. The molecule has 0 unspecified atom stereocenters. The van der Waals surface area contributed by atoms with Crippen molar-refractivity contribution in [3.8, 4) is 11.3 Å². The molecule has 0 aliphatic carbocycles. The zero-order valence-corrected chi connectivity index (χ0v) is 17.9. The van der Waals surface area contributed by atoms with E-state index in [9.17, 15) is 14.4 Å². The van der Waals surface area contributed by atoms with E-state index in [2.05, 4.69) is 5.10 Å². The summed E-state index contributed by atoms with van der Waals surface area (Å²) in [5.74, 6) is -0.709. The Bertz CT molecular complexity index is 1170. The molecule has 0 saturated carbocycles. The lowest BCUT2D eigenvalue weighted by Crippen LogP contribution is -2.25. The molecule has 0 N–H and O–H groups in total. The summed E-state index contributed by atoms with van der Waals surface area (Å²) in [6.45, 7) is 4.39. The first-order chi connectivity index (χ1) is 14.4. The Morgan fingerprint density at radius 1 is 1.20 bits per heavy atom. The number of nitrogens with zero attached hydrogens (tertiary/aromatic N) is 3. The van der Waals surface area contributed by atoms with Crippen molar-refractivity contribution in [2.45, 2.75) is 26.9 Å². The minimum Gasteiger partial charge on any atom is -0.462 e. The number of carbonyl (C=O) groups excluding carboxylic acids is 2. The third-order valence-electron chi connectivity index (χ3n) is 4.50. The Hall–Kier alpha value is -2.90. The molecule has 0 bridgehead atoms. The summed E-state index contributed by atoms with van der Waals surface area (Å²) in [5.41, 5.74) is 1.43. The Morgan fingerprint density at radius 3 is 2.57 bits per heavy atom. The summed E-state index contributed by atoms with van der Waals surface area (Å²) in [5, 5.41) is 4.80. The maximum Gasteiger partial charge on any atom is 0.344 e. The Balaban J connectivity index is 2.26. The van der Waals surface area contributed by atoms with Crippen molar-refractivity contribution in [2.75, 3.05) is 6.61 Å². The van der Waals surface area contributed by atoms with Crippen LogP contribution in [-0.2, 0) is 17.8 Å². The van der Waals surface area contributed by atoms with E-state index in [1.165, 1.54) is 12.3 Å². The first-order valence-corrected chi connectivity index (χ1v) is 10.0. The average Bonchev–Trinajstić information content (AvgIpc) is 3.17. The Morgan fingerprint density at radius 2 is 1.97 bits per heavy atom. The van der Waals surface area contributed by atoms with Gasteiger partial charge in [-0.25, -0.2) is 4.79 Å². The molecule has 3 aromatic rings. The van der Waals surface area contributed by atoms with E-state index < -0.39 is 11.4 Å². The first kappa shape index (κ1) is 21.8. The summed E-state index contributed by atoms with van der Waals surface area (Å²) in [6.07, 6.45) is 3.71. The van der Waals surface area contributed by atoms with Gasteiger partial charge in [-0.15, -0.1) is 0 Å². The van der Waals surface area contributed by atoms with E-state index in [1.807, 2.05) is 11.5 Å². The van der Waals surface area contributed by atoms with Gasteiger partial charge in [0.1, 0.15) is 5.56 Å². The standard InChI is InChI=1S/C21H19Cl2N3O4/c1-3-26-15(11-25-10-13(12-27)9-24-25)8-18(28)19(21(29)30-4-2)20(26)14-5-6-16(22)17(23)7-14/h5-10,12H,3-4,11H2,1-2H3. The van der Waals surface area contributed by atoms with Crippen LogP contribution in [0.25, 0.3) is 11.3 Å². The maximum absolute atomic E-state index is 13.0. The van der Waals surface area contributed by atoms with Crippen LogP contribution >= 0.6 is 23.2 Å². The fourth-order valence-electron chi connectivity index (χ4n) is 3.23. The molecule has 0 fully saturated rings. The molecule has 1 aromatic carbocycles. The van der Waals surface area contributed by atoms with Crippen LogP contribution in [-0.4, -0.2) is 33.2 Å². The lowest BCUT2D eigenvalue weighted by atomic mass is 10.0. The minimum atomic E-state index is -0.709. The van der Waals surface area contributed by atoms with E-state index in [-0.39, 0.29) is 18.7 Å². The van der Waals surface area contributed by atoms with Gasteiger partial charge < -0.3 is 9.30 Å². The highest BCUT2D eigenvalue weighted by molar-refractivity contribution is 6.42. The molecule has 2 heterocycles. The number of hydrogen-bond donors (Lipinski definition) is 0. The summed E-state index contributed by atoms with van der Waals surface area (Å²) >= 11 is 12.2. The lowest BCUT2D eigenvalue weighted by Gasteiger charge is -2.20. The highest BCUT2D eigenvalue weighted by Gasteiger charge is 2.24. The summed E-state index contributed by atoms with van der Waals surface area (Å²) in [7, 11) is 0. The van der Waals surface area contributed by atoms with Crippen LogP contribution in [0.4, 0.5) is 0 Å². The third kappa shape index (κ3) is 4.32. The average molecular weight is 448 g/mol. The van der Waals surface area contributed by atoms with Crippen LogP contribution in [0.5, 0.6) is 0 Å². The van der Waals surface area contributed by atoms with Gasteiger partial charge in [0.2, 0.25) is 0 Å². The highest BCUT2D eigenvalue weighted by Crippen LogP contribution is 2.31. The van der Waals surface area contributed by atoms with Crippen molar-refractivity contribution in [2.24, 2.45) is 0 Å². The van der Waals surface area contributed by atoms with Gasteiger partial charge in [-0.2, -0.15) is 5.10 Å². The van der Waals surface area contributed by atoms with Gasteiger partial charge >= 0.3 is 5.97 Å². The molecule has 0 atom stereocenters. The minimum absolute atomic E-state index is 0.0742. The number of aldehydes is 1. The molecule has 0 aliphatic heterocycles. The van der Waals surface area contributed by atoms with Gasteiger partial charge in [-0.05, 0) is 26.0 Å². The van der Waals surface area contributed by atoms with Gasteiger partial charge in [0.25, 0.3) is 0 Å². The van der Waals surface area contributed by atoms with Crippen molar-refractivity contribution < 1.29 is 14.3 Å². The normalized spacial score (nSPS) is 10.8. The van der Waals surface area contributed by atoms with Crippen LogP contribution in [0.1, 0.15) is 40.3 Å². The number of ether oxygens (including phenoxy) is 1. The molecular weight excluding hydrogens is 429 g/mol. The number of benzene rings is 1.